The average molecular weight is 363 g/mol. The molecule has 2 aromatic rings. The number of hydrogen-bond donors (Lipinski definition) is 0. The molecule has 0 unspecified atom stereocenters. The maximum absolute atomic E-state index is 13.5. The predicted molar refractivity (Wildman–Crippen MR) is 94.4 cm³/mol. The van der Waals surface area contributed by atoms with E-state index in [1.165, 1.54) is 12.3 Å². The maximum Gasteiger partial charge on any atom is 0.255 e. The lowest BCUT2D eigenvalue weighted by Crippen LogP contribution is -2.38. The quantitative estimate of drug-likeness (QED) is 0.749. The van der Waals surface area contributed by atoms with Crippen molar-refractivity contribution in [2.45, 2.75) is 19.3 Å². The van der Waals surface area contributed by atoms with Crippen LogP contribution >= 0.6 is 11.6 Å². The van der Waals surface area contributed by atoms with Crippen molar-refractivity contribution < 1.29 is 13.9 Å². The summed E-state index contributed by atoms with van der Waals surface area (Å²) in [6, 6.07) is 9.76. The minimum absolute atomic E-state index is 0.00905. The summed E-state index contributed by atoms with van der Waals surface area (Å²) in [5.74, 6) is 0.439. The predicted octanol–water partition coefficient (Wildman–Crippen LogP) is 4.20. The van der Waals surface area contributed by atoms with Crippen molar-refractivity contribution in [2.24, 2.45) is 5.92 Å². The van der Waals surface area contributed by atoms with Gasteiger partial charge in [-0.25, -0.2) is 9.37 Å². The molecule has 1 aromatic heterocycles. The number of ether oxygens (including phenoxy) is 1. The molecule has 1 aliphatic rings. The van der Waals surface area contributed by atoms with E-state index in [0.717, 1.165) is 19.3 Å². The number of carbonyl (C=O) groups is 1. The molecule has 0 bridgehead atoms. The van der Waals surface area contributed by atoms with E-state index in [1.807, 2.05) is 4.90 Å². The van der Waals surface area contributed by atoms with Gasteiger partial charge in [-0.05, 0) is 49.4 Å². The highest BCUT2D eigenvalue weighted by Crippen LogP contribution is 2.23. The van der Waals surface area contributed by atoms with Gasteiger partial charge in [-0.2, -0.15) is 0 Å². The van der Waals surface area contributed by atoms with Gasteiger partial charge in [0.05, 0.1) is 12.2 Å². The van der Waals surface area contributed by atoms with Crippen LogP contribution in [0.25, 0.3) is 0 Å². The van der Waals surface area contributed by atoms with Gasteiger partial charge in [-0.1, -0.05) is 23.7 Å². The van der Waals surface area contributed by atoms with Crippen molar-refractivity contribution in [1.29, 1.82) is 0 Å². The van der Waals surface area contributed by atoms with Crippen LogP contribution in [0.15, 0.2) is 42.6 Å². The summed E-state index contributed by atoms with van der Waals surface area (Å²) in [5, 5.41) is 0.380. The Morgan fingerprint density at radius 2 is 2.00 bits per heavy atom. The SMILES string of the molecule is O=C(c1ccc(Cl)nc1)N1CCC(CCOc2ccccc2F)CC1. The van der Waals surface area contributed by atoms with Crippen LogP contribution in [0.3, 0.4) is 0 Å². The molecule has 25 heavy (non-hydrogen) atoms. The Bertz CT molecular complexity index is 716. The van der Waals surface area contributed by atoms with Gasteiger partial charge in [0.1, 0.15) is 5.15 Å². The van der Waals surface area contributed by atoms with Gasteiger partial charge in [0.2, 0.25) is 0 Å². The first kappa shape index (κ1) is 17.7. The lowest BCUT2D eigenvalue weighted by molar-refractivity contribution is 0.0679. The minimum Gasteiger partial charge on any atom is -0.491 e. The molecular formula is C19H20ClFN2O2. The largest absolute Gasteiger partial charge is 0.491 e. The molecule has 3 rings (SSSR count). The Morgan fingerprint density at radius 3 is 2.68 bits per heavy atom. The molecule has 0 aliphatic carbocycles. The van der Waals surface area contributed by atoms with E-state index in [4.69, 9.17) is 16.3 Å². The topological polar surface area (TPSA) is 42.4 Å². The van der Waals surface area contributed by atoms with Crippen LogP contribution in [-0.4, -0.2) is 35.5 Å². The fourth-order valence-electron chi connectivity index (χ4n) is 3.01. The fourth-order valence-corrected chi connectivity index (χ4v) is 3.12. The molecule has 0 N–H and O–H groups in total. The molecule has 1 amide bonds. The van der Waals surface area contributed by atoms with Gasteiger partial charge in [-0.15, -0.1) is 0 Å². The summed E-state index contributed by atoms with van der Waals surface area (Å²) in [6.07, 6.45) is 4.22. The van der Waals surface area contributed by atoms with Gasteiger partial charge < -0.3 is 9.64 Å². The van der Waals surface area contributed by atoms with Crippen molar-refractivity contribution in [3.05, 3.63) is 59.1 Å². The Hall–Kier alpha value is -2.14. The molecule has 132 valence electrons. The fraction of sp³-hybridized carbons (Fsp3) is 0.368. The van der Waals surface area contributed by atoms with Crippen molar-refractivity contribution in [3.8, 4) is 5.75 Å². The molecular weight excluding hydrogens is 343 g/mol. The van der Waals surface area contributed by atoms with E-state index in [-0.39, 0.29) is 11.7 Å². The second-order valence-corrected chi connectivity index (χ2v) is 6.56. The van der Waals surface area contributed by atoms with E-state index in [2.05, 4.69) is 4.98 Å². The number of piperidine rings is 1. The number of carbonyl (C=O) groups excluding carboxylic acids is 1. The number of halogens is 2. The lowest BCUT2D eigenvalue weighted by Gasteiger charge is -2.32. The van der Waals surface area contributed by atoms with Crippen LogP contribution in [0, 0.1) is 11.7 Å². The van der Waals surface area contributed by atoms with Crippen molar-refractivity contribution in [2.75, 3.05) is 19.7 Å². The average Bonchev–Trinajstić information content (AvgIpc) is 2.64. The molecule has 1 fully saturated rings. The third kappa shape index (κ3) is 4.69. The monoisotopic (exact) mass is 362 g/mol. The zero-order valence-corrected chi connectivity index (χ0v) is 14.6. The number of aromatic nitrogens is 1. The number of benzene rings is 1. The molecule has 2 heterocycles. The van der Waals surface area contributed by atoms with Gasteiger partial charge in [0, 0.05) is 19.3 Å². The van der Waals surface area contributed by atoms with Crippen molar-refractivity contribution >= 4 is 17.5 Å². The van der Waals surface area contributed by atoms with E-state index in [9.17, 15) is 9.18 Å². The van der Waals surface area contributed by atoms with Crippen LogP contribution in [0.5, 0.6) is 5.75 Å². The molecule has 1 aromatic carbocycles. The number of para-hydroxylation sites is 1. The zero-order chi connectivity index (χ0) is 17.6. The smallest absolute Gasteiger partial charge is 0.255 e. The highest BCUT2D eigenvalue weighted by Gasteiger charge is 2.23. The lowest BCUT2D eigenvalue weighted by atomic mass is 9.93. The summed E-state index contributed by atoms with van der Waals surface area (Å²) in [5.41, 5.74) is 0.561. The standard InChI is InChI=1S/C19H20ClFN2O2/c20-18-6-5-15(13-22-18)19(24)23-10-7-14(8-11-23)9-12-25-17-4-2-1-3-16(17)21/h1-6,13-14H,7-12H2. The Morgan fingerprint density at radius 1 is 1.24 bits per heavy atom. The normalized spacial score (nSPS) is 15.2. The van der Waals surface area contributed by atoms with Crippen LogP contribution < -0.4 is 4.74 Å². The van der Waals surface area contributed by atoms with Crippen molar-refractivity contribution in [1.82, 2.24) is 9.88 Å². The summed E-state index contributed by atoms with van der Waals surface area (Å²) < 4.78 is 19.0. The van der Waals surface area contributed by atoms with Gasteiger partial charge >= 0.3 is 0 Å². The van der Waals surface area contributed by atoms with E-state index < -0.39 is 0 Å². The number of hydrogen-bond acceptors (Lipinski definition) is 3. The Labute approximate surface area is 151 Å². The van der Waals surface area contributed by atoms with Crippen LogP contribution in [0.1, 0.15) is 29.6 Å². The first-order chi connectivity index (χ1) is 12.1. The molecule has 4 nitrogen and oxygen atoms in total. The third-order valence-corrected chi connectivity index (χ3v) is 4.72. The highest BCUT2D eigenvalue weighted by molar-refractivity contribution is 6.29. The van der Waals surface area contributed by atoms with Gasteiger partial charge in [-0.3, -0.25) is 4.79 Å². The molecule has 0 spiro atoms. The van der Waals surface area contributed by atoms with Gasteiger partial charge in [0.25, 0.3) is 5.91 Å². The molecule has 0 atom stereocenters. The van der Waals surface area contributed by atoms with Crippen molar-refractivity contribution in [3.63, 3.8) is 0 Å². The molecule has 0 radical (unpaired) electrons. The van der Waals surface area contributed by atoms with Crippen LogP contribution in [-0.2, 0) is 0 Å². The maximum atomic E-state index is 13.5. The first-order valence-electron chi connectivity index (χ1n) is 8.41. The number of likely N-dealkylation sites (tertiary alicyclic amines) is 1. The number of rotatable bonds is 5. The van der Waals surface area contributed by atoms with Crippen LogP contribution in [0.4, 0.5) is 4.39 Å². The Balaban J connectivity index is 1.43. The van der Waals surface area contributed by atoms with Crippen LogP contribution in [0.2, 0.25) is 5.15 Å². The first-order valence-corrected chi connectivity index (χ1v) is 8.79. The summed E-state index contributed by atoms with van der Waals surface area (Å²) in [6.45, 7) is 1.91. The molecule has 1 aliphatic heterocycles. The second kappa shape index (κ2) is 8.30. The number of pyridine rings is 1. The summed E-state index contributed by atoms with van der Waals surface area (Å²) in [4.78, 5) is 18.2. The Kier molecular flexibility index (Phi) is 5.87. The third-order valence-electron chi connectivity index (χ3n) is 4.50. The molecule has 0 saturated carbocycles. The molecule has 6 heteroatoms. The highest BCUT2D eigenvalue weighted by atomic mass is 35.5. The van der Waals surface area contributed by atoms with E-state index in [0.29, 0.717) is 42.1 Å². The summed E-state index contributed by atoms with van der Waals surface area (Å²) in [7, 11) is 0. The minimum atomic E-state index is -0.334. The van der Waals surface area contributed by atoms with E-state index >= 15 is 0 Å². The van der Waals surface area contributed by atoms with E-state index in [1.54, 1.807) is 30.3 Å². The second-order valence-electron chi connectivity index (χ2n) is 6.17. The summed E-state index contributed by atoms with van der Waals surface area (Å²) >= 11 is 5.75. The number of nitrogens with zero attached hydrogens (tertiary/aromatic N) is 2. The zero-order valence-electron chi connectivity index (χ0n) is 13.8. The van der Waals surface area contributed by atoms with Gasteiger partial charge in [0.15, 0.2) is 11.6 Å². The molecule has 1 saturated heterocycles. The number of amides is 1.